The number of ether oxygens (including phenoxy) is 2. The molecule has 1 aliphatic rings. The van der Waals surface area contributed by atoms with Gasteiger partial charge in [-0.3, -0.25) is 0 Å². The summed E-state index contributed by atoms with van der Waals surface area (Å²) in [6, 6.07) is 3.80. The summed E-state index contributed by atoms with van der Waals surface area (Å²) in [5.41, 5.74) is 1.07. The molecule has 1 fully saturated rings. The first-order valence-electron chi connectivity index (χ1n) is 7.94. The maximum atomic E-state index is 6.18. The highest BCUT2D eigenvalue weighted by Gasteiger charge is 2.18. The Bertz CT molecular complexity index is 445. The summed E-state index contributed by atoms with van der Waals surface area (Å²) in [5.74, 6) is 2.26. The van der Waals surface area contributed by atoms with Crippen LogP contribution in [0.3, 0.4) is 0 Å². The standard InChI is InChI=1S/C17H26ClNO2/c1-3-8-19-11-14-9-15(18)10-16(20-2)17(14)21-12-13-6-4-5-7-13/h9-10,13,19H,3-8,11-12H2,1-2H3. The number of benzene rings is 1. The normalized spacial score (nSPS) is 15.4. The molecule has 0 aromatic heterocycles. The number of nitrogens with one attached hydrogen (secondary N) is 1. The fourth-order valence-electron chi connectivity index (χ4n) is 2.85. The van der Waals surface area contributed by atoms with Crippen LogP contribution in [-0.4, -0.2) is 20.3 Å². The van der Waals surface area contributed by atoms with Crippen molar-refractivity contribution >= 4 is 11.6 Å². The van der Waals surface area contributed by atoms with E-state index in [0.29, 0.717) is 10.9 Å². The summed E-state index contributed by atoms with van der Waals surface area (Å²) < 4.78 is 11.6. The fraction of sp³-hybridized carbons (Fsp3) is 0.647. The second-order valence-corrected chi connectivity index (χ2v) is 6.17. The van der Waals surface area contributed by atoms with Gasteiger partial charge in [-0.15, -0.1) is 0 Å². The van der Waals surface area contributed by atoms with E-state index in [1.807, 2.05) is 12.1 Å². The van der Waals surface area contributed by atoms with Crippen molar-refractivity contribution in [3.63, 3.8) is 0 Å². The summed E-state index contributed by atoms with van der Waals surface area (Å²) in [7, 11) is 1.66. The van der Waals surface area contributed by atoms with Gasteiger partial charge in [0, 0.05) is 23.2 Å². The highest BCUT2D eigenvalue weighted by molar-refractivity contribution is 6.30. The topological polar surface area (TPSA) is 30.5 Å². The summed E-state index contributed by atoms with van der Waals surface area (Å²) >= 11 is 6.18. The van der Waals surface area contributed by atoms with Gasteiger partial charge in [-0.1, -0.05) is 31.4 Å². The molecule has 21 heavy (non-hydrogen) atoms. The summed E-state index contributed by atoms with van der Waals surface area (Å²) in [4.78, 5) is 0. The molecule has 1 aromatic carbocycles. The van der Waals surface area contributed by atoms with Crippen molar-refractivity contribution in [2.24, 2.45) is 5.92 Å². The molecule has 0 atom stereocenters. The average molecular weight is 312 g/mol. The molecule has 0 amide bonds. The van der Waals surface area contributed by atoms with E-state index in [-0.39, 0.29) is 0 Å². The third-order valence-corrected chi connectivity index (χ3v) is 4.22. The average Bonchev–Trinajstić information content (AvgIpc) is 2.99. The molecule has 0 unspecified atom stereocenters. The molecule has 1 saturated carbocycles. The zero-order valence-corrected chi connectivity index (χ0v) is 13.8. The molecule has 0 spiro atoms. The molecule has 0 radical (unpaired) electrons. The Balaban J connectivity index is 2.09. The molecule has 1 aliphatic carbocycles. The van der Waals surface area contributed by atoms with Gasteiger partial charge in [0.15, 0.2) is 11.5 Å². The predicted molar refractivity (Wildman–Crippen MR) is 87.5 cm³/mol. The first-order valence-corrected chi connectivity index (χ1v) is 8.32. The molecule has 0 heterocycles. The Morgan fingerprint density at radius 1 is 1.29 bits per heavy atom. The number of rotatable bonds is 8. The minimum atomic E-state index is 0.682. The van der Waals surface area contributed by atoms with Crippen LogP contribution in [-0.2, 0) is 6.54 Å². The van der Waals surface area contributed by atoms with Gasteiger partial charge in [0.2, 0.25) is 0 Å². The van der Waals surface area contributed by atoms with Crippen LogP contribution in [0.1, 0.15) is 44.6 Å². The Kier molecular flexibility index (Phi) is 6.65. The summed E-state index contributed by atoms with van der Waals surface area (Å²) in [5, 5.41) is 4.09. The van der Waals surface area contributed by atoms with Crippen LogP contribution in [0.2, 0.25) is 5.02 Å². The van der Waals surface area contributed by atoms with Crippen molar-refractivity contribution in [2.75, 3.05) is 20.3 Å². The van der Waals surface area contributed by atoms with E-state index >= 15 is 0 Å². The SMILES string of the molecule is CCCNCc1cc(Cl)cc(OC)c1OCC1CCCC1. The molecule has 1 N–H and O–H groups in total. The lowest BCUT2D eigenvalue weighted by Gasteiger charge is -2.18. The molecule has 0 saturated heterocycles. The Morgan fingerprint density at radius 2 is 2.05 bits per heavy atom. The molecule has 0 aliphatic heterocycles. The van der Waals surface area contributed by atoms with Gasteiger partial charge < -0.3 is 14.8 Å². The fourth-order valence-corrected chi connectivity index (χ4v) is 3.08. The van der Waals surface area contributed by atoms with Gasteiger partial charge in [0.05, 0.1) is 13.7 Å². The van der Waals surface area contributed by atoms with Crippen molar-refractivity contribution in [2.45, 2.75) is 45.6 Å². The van der Waals surface area contributed by atoms with Crippen LogP contribution >= 0.6 is 11.6 Å². The molecule has 1 aromatic rings. The zero-order valence-electron chi connectivity index (χ0n) is 13.1. The van der Waals surface area contributed by atoms with Gasteiger partial charge in [0.1, 0.15) is 0 Å². The van der Waals surface area contributed by atoms with E-state index in [0.717, 1.165) is 43.2 Å². The van der Waals surface area contributed by atoms with E-state index in [1.54, 1.807) is 7.11 Å². The van der Waals surface area contributed by atoms with E-state index in [1.165, 1.54) is 25.7 Å². The first-order chi connectivity index (χ1) is 10.2. The first kappa shape index (κ1) is 16.4. The van der Waals surface area contributed by atoms with E-state index in [2.05, 4.69) is 12.2 Å². The van der Waals surface area contributed by atoms with Crippen LogP contribution in [0.4, 0.5) is 0 Å². The lowest BCUT2D eigenvalue weighted by atomic mass is 10.1. The molecular weight excluding hydrogens is 286 g/mol. The number of halogens is 1. The molecule has 118 valence electrons. The van der Waals surface area contributed by atoms with Gasteiger partial charge in [0.25, 0.3) is 0 Å². The van der Waals surface area contributed by atoms with Crippen molar-refractivity contribution in [3.05, 3.63) is 22.7 Å². The largest absolute Gasteiger partial charge is 0.493 e. The molecular formula is C17H26ClNO2. The second kappa shape index (κ2) is 8.50. The highest BCUT2D eigenvalue weighted by Crippen LogP contribution is 2.36. The number of hydrogen-bond acceptors (Lipinski definition) is 3. The number of hydrogen-bond donors (Lipinski definition) is 1. The number of methoxy groups -OCH3 is 1. The third kappa shape index (κ3) is 4.79. The predicted octanol–water partition coefficient (Wildman–Crippen LogP) is 4.42. The maximum absolute atomic E-state index is 6.18. The third-order valence-electron chi connectivity index (χ3n) is 4.00. The van der Waals surface area contributed by atoms with Gasteiger partial charge in [-0.2, -0.15) is 0 Å². The Hall–Kier alpha value is -0.930. The minimum absolute atomic E-state index is 0.682. The molecule has 0 bridgehead atoms. The van der Waals surface area contributed by atoms with Gasteiger partial charge >= 0.3 is 0 Å². The van der Waals surface area contributed by atoms with Crippen LogP contribution in [0.15, 0.2) is 12.1 Å². The van der Waals surface area contributed by atoms with Crippen LogP contribution in [0, 0.1) is 5.92 Å². The van der Waals surface area contributed by atoms with Gasteiger partial charge in [-0.25, -0.2) is 0 Å². The lowest BCUT2D eigenvalue weighted by molar-refractivity contribution is 0.238. The quantitative estimate of drug-likeness (QED) is 0.721. The van der Waals surface area contributed by atoms with Crippen molar-refractivity contribution in [1.29, 1.82) is 0 Å². The molecule has 2 rings (SSSR count). The van der Waals surface area contributed by atoms with E-state index < -0.39 is 0 Å². The smallest absolute Gasteiger partial charge is 0.165 e. The van der Waals surface area contributed by atoms with E-state index in [9.17, 15) is 0 Å². The van der Waals surface area contributed by atoms with Crippen molar-refractivity contribution in [1.82, 2.24) is 5.32 Å². The Morgan fingerprint density at radius 3 is 2.71 bits per heavy atom. The highest BCUT2D eigenvalue weighted by atomic mass is 35.5. The molecule has 4 heteroatoms. The minimum Gasteiger partial charge on any atom is -0.493 e. The van der Waals surface area contributed by atoms with Crippen LogP contribution in [0.5, 0.6) is 11.5 Å². The maximum Gasteiger partial charge on any atom is 0.165 e. The van der Waals surface area contributed by atoms with Crippen molar-refractivity contribution < 1.29 is 9.47 Å². The molecule has 3 nitrogen and oxygen atoms in total. The summed E-state index contributed by atoms with van der Waals surface area (Å²) in [6.45, 7) is 4.67. The second-order valence-electron chi connectivity index (χ2n) is 5.73. The van der Waals surface area contributed by atoms with Crippen LogP contribution in [0.25, 0.3) is 0 Å². The Labute approximate surface area is 133 Å². The monoisotopic (exact) mass is 311 g/mol. The lowest BCUT2D eigenvalue weighted by Crippen LogP contribution is -2.16. The van der Waals surface area contributed by atoms with Crippen LogP contribution < -0.4 is 14.8 Å². The van der Waals surface area contributed by atoms with Gasteiger partial charge in [-0.05, 0) is 37.8 Å². The van der Waals surface area contributed by atoms with Crippen molar-refractivity contribution in [3.8, 4) is 11.5 Å². The zero-order chi connectivity index (χ0) is 15.1. The van der Waals surface area contributed by atoms with E-state index in [4.69, 9.17) is 21.1 Å². The summed E-state index contributed by atoms with van der Waals surface area (Å²) in [6.07, 6.45) is 6.32.